The predicted octanol–water partition coefficient (Wildman–Crippen LogP) is 2.35. The third-order valence-corrected chi connectivity index (χ3v) is 3.19. The molecule has 0 aromatic heterocycles. The second-order valence-electron chi connectivity index (χ2n) is 4.99. The van der Waals surface area contributed by atoms with E-state index in [0.29, 0.717) is 18.3 Å². The van der Waals surface area contributed by atoms with Crippen LogP contribution in [0.3, 0.4) is 0 Å². The van der Waals surface area contributed by atoms with Gasteiger partial charge < -0.3 is 9.47 Å². The fourth-order valence-corrected chi connectivity index (χ4v) is 1.90. The molecule has 0 radical (unpaired) electrons. The molecule has 1 aliphatic rings. The lowest BCUT2D eigenvalue weighted by Gasteiger charge is -2.29. The van der Waals surface area contributed by atoms with Gasteiger partial charge >= 0.3 is 0 Å². The first-order chi connectivity index (χ1) is 9.11. The quantitative estimate of drug-likeness (QED) is 0.826. The summed E-state index contributed by atoms with van der Waals surface area (Å²) in [4.78, 5) is 0. The molecule has 0 saturated heterocycles. The number of benzene rings is 1. The predicted molar refractivity (Wildman–Crippen MR) is 78.6 cm³/mol. The molecule has 2 nitrogen and oxygen atoms in total. The smallest absolute Gasteiger partial charge is 0.161 e. The summed E-state index contributed by atoms with van der Waals surface area (Å²) < 4.78 is 11.7. The van der Waals surface area contributed by atoms with E-state index >= 15 is 0 Å². The van der Waals surface area contributed by atoms with Crippen molar-refractivity contribution in [2.45, 2.75) is 20.0 Å². The Hall–Kier alpha value is -1.96. The van der Waals surface area contributed by atoms with E-state index in [1.54, 1.807) is 6.08 Å². The fraction of sp³-hybridized carbons (Fsp3) is 0.294. The molecule has 1 aromatic carbocycles. The van der Waals surface area contributed by atoms with Crippen LogP contribution in [-0.2, 0) is 9.47 Å². The Balaban J connectivity index is 2.39. The van der Waals surface area contributed by atoms with Gasteiger partial charge in [-0.1, -0.05) is 51.3 Å². The maximum Gasteiger partial charge on any atom is 0.161 e. The van der Waals surface area contributed by atoms with Crippen LogP contribution in [-0.4, -0.2) is 12.7 Å². The van der Waals surface area contributed by atoms with E-state index in [1.165, 1.54) is 0 Å². The number of allylic oxidation sites excluding steroid dienone is 2. The van der Waals surface area contributed by atoms with E-state index in [1.807, 2.05) is 30.3 Å². The molecule has 1 aromatic rings. The van der Waals surface area contributed by atoms with Gasteiger partial charge in [0.25, 0.3) is 0 Å². The molecule has 19 heavy (non-hydrogen) atoms. The Morgan fingerprint density at radius 1 is 1.26 bits per heavy atom. The fourth-order valence-electron chi connectivity index (χ4n) is 1.90. The standard InChI is InChI=1S/C17H20O2/c1-5-15-16(18-11-17(19-15)12(2)3)10-14-9-7-6-8-13(14)4/h5-10,12,17H,1,4,11H2,2-3H3/b14-10-. The van der Waals surface area contributed by atoms with E-state index in [2.05, 4.69) is 27.0 Å². The summed E-state index contributed by atoms with van der Waals surface area (Å²) in [6.45, 7) is 12.6. The summed E-state index contributed by atoms with van der Waals surface area (Å²) >= 11 is 0. The molecule has 2 heteroatoms. The normalized spacial score (nSPS) is 20.2. The van der Waals surface area contributed by atoms with Crippen molar-refractivity contribution < 1.29 is 9.47 Å². The van der Waals surface area contributed by atoms with Gasteiger partial charge in [-0.15, -0.1) is 0 Å². The number of hydrogen-bond acceptors (Lipinski definition) is 2. The van der Waals surface area contributed by atoms with E-state index in [9.17, 15) is 0 Å². The maximum absolute atomic E-state index is 5.91. The first-order valence-corrected chi connectivity index (χ1v) is 6.53. The lowest BCUT2D eigenvalue weighted by atomic mass is 10.1. The van der Waals surface area contributed by atoms with Crippen LogP contribution in [0, 0.1) is 5.92 Å². The zero-order valence-corrected chi connectivity index (χ0v) is 11.6. The number of rotatable bonds is 3. The molecule has 0 amide bonds. The molecule has 2 rings (SSSR count). The van der Waals surface area contributed by atoms with Gasteiger partial charge in [-0.25, -0.2) is 0 Å². The van der Waals surface area contributed by atoms with Crippen LogP contribution in [0.25, 0.3) is 12.7 Å². The minimum Gasteiger partial charge on any atom is -0.486 e. The van der Waals surface area contributed by atoms with Crippen molar-refractivity contribution in [1.82, 2.24) is 0 Å². The van der Waals surface area contributed by atoms with Gasteiger partial charge in [-0.05, 0) is 28.5 Å². The molecule has 1 unspecified atom stereocenters. The Bertz CT molecular complexity index is 596. The van der Waals surface area contributed by atoms with Crippen LogP contribution < -0.4 is 10.4 Å². The SMILES string of the molecule is C=CC1=C(/C=c2/ccccc2=C)OCC(C(C)C)O1. The molecule has 0 spiro atoms. The van der Waals surface area contributed by atoms with Gasteiger partial charge in [0.2, 0.25) is 0 Å². The zero-order valence-electron chi connectivity index (χ0n) is 11.6. The Morgan fingerprint density at radius 3 is 2.63 bits per heavy atom. The third kappa shape index (κ3) is 3.08. The molecule has 0 fully saturated rings. The van der Waals surface area contributed by atoms with Crippen molar-refractivity contribution in [2.24, 2.45) is 5.92 Å². The summed E-state index contributed by atoms with van der Waals surface area (Å²) in [6, 6.07) is 7.93. The first-order valence-electron chi connectivity index (χ1n) is 6.53. The minimum absolute atomic E-state index is 0.0835. The van der Waals surface area contributed by atoms with E-state index in [0.717, 1.165) is 16.2 Å². The van der Waals surface area contributed by atoms with Gasteiger partial charge in [0.05, 0.1) is 0 Å². The van der Waals surface area contributed by atoms with E-state index < -0.39 is 0 Å². The first kappa shape index (κ1) is 13.5. The molecule has 0 N–H and O–H groups in total. The molecule has 1 atom stereocenters. The lowest BCUT2D eigenvalue weighted by molar-refractivity contribution is -0.0146. The third-order valence-electron chi connectivity index (χ3n) is 3.19. The summed E-state index contributed by atoms with van der Waals surface area (Å²) in [5.41, 5.74) is 0. The highest BCUT2D eigenvalue weighted by Crippen LogP contribution is 2.23. The average Bonchev–Trinajstić information content (AvgIpc) is 2.41. The van der Waals surface area contributed by atoms with Crippen LogP contribution in [0.15, 0.2) is 48.4 Å². The zero-order chi connectivity index (χ0) is 13.8. The number of hydrogen-bond donors (Lipinski definition) is 0. The van der Waals surface area contributed by atoms with Crippen LogP contribution in [0.5, 0.6) is 0 Å². The lowest BCUT2D eigenvalue weighted by Crippen LogP contribution is -2.30. The van der Waals surface area contributed by atoms with Crippen molar-refractivity contribution in [3.05, 3.63) is 58.9 Å². The molecule has 0 bridgehead atoms. The van der Waals surface area contributed by atoms with Crippen molar-refractivity contribution in [3.8, 4) is 0 Å². The van der Waals surface area contributed by atoms with Crippen molar-refractivity contribution in [1.29, 1.82) is 0 Å². The topological polar surface area (TPSA) is 18.5 Å². The van der Waals surface area contributed by atoms with Crippen LogP contribution in [0.4, 0.5) is 0 Å². The Morgan fingerprint density at radius 2 is 2.00 bits per heavy atom. The minimum atomic E-state index is 0.0835. The summed E-state index contributed by atoms with van der Waals surface area (Å²) in [5, 5.41) is 2.00. The highest BCUT2D eigenvalue weighted by molar-refractivity contribution is 5.47. The highest BCUT2D eigenvalue weighted by atomic mass is 16.6. The second-order valence-corrected chi connectivity index (χ2v) is 4.99. The molecular weight excluding hydrogens is 236 g/mol. The Labute approximate surface area is 114 Å². The molecule has 0 saturated carbocycles. The van der Waals surface area contributed by atoms with E-state index in [-0.39, 0.29) is 6.10 Å². The number of ether oxygens (including phenoxy) is 2. The van der Waals surface area contributed by atoms with Gasteiger partial charge in [-0.2, -0.15) is 0 Å². The van der Waals surface area contributed by atoms with Crippen LogP contribution in [0.1, 0.15) is 13.8 Å². The van der Waals surface area contributed by atoms with Gasteiger partial charge in [0.15, 0.2) is 11.5 Å². The summed E-state index contributed by atoms with van der Waals surface area (Å²) in [6.07, 6.45) is 3.74. The molecule has 1 aliphatic heterocycles. The van der Waals surface area contributed by atoms with Crippen molar-refractivity contribution >= 4 is 12.7 Å². The van der Waals surface area contributed by atoms with Gasteiger partial charge in [-0.3, -0.25) is 0 Å². The molecule has 100 valence electrons. The van der Waals surface area contributed by atoms with Gasteiger partial charge in [0, 0.05) is 0 Å². The monoisotopic (exact) mass is 256 g/mol. The summed E-state index contributed by atoms with van der Waals surface area (Å²) in [5.74, 6) is 1.84. The second kappa shape index (κ2) is 5.79. The van der Waals surface area contributed by atoms with Gasteiger partial charge in [0.1, 0.15) is 12.7 Å². The molecular formula is C17H20O2. The largest absolute Gasteiger partial charge is 0.486 e. The van der Waals surface area contributed by atoms with E-state index in [4.69, 9.17) is 9.47 Å². The van der Waals surface area contributed by atoms with Crippen LogP contribution in [0.2, 0.25) is 0 Å². The van der Waals surface area contributed by atoms with Crippen molar-refractivity contribution in [3.63, 3.8) is 0 Å². The molecule has 1 heterocycles. The summed E-state index contributed by atoms with van der Waals surface area (Å²) in [7, 11) is 0. The highest BCUT2D eigenvalue weighted by Gasteiger charge is 2.23. The average molecular weight is 256 g/mol. The van der Waals surface area contributed by atoms with Crippen LogP contribution >= 0.6 is 0 Å². The Kier molecular flexibility index (Phi) is 4.10. The molecule has 0 aliphatic carbocycles. The van der Waals surface area contributed by atoms with Crippen molar-refractivity contribution in [2.75, 3.05) is 6.61 Å². The maximum atomic E-state index is 5.91.